The number of unbranched alkanes of at least 4 members (excludes halogenated alkanes) is 13. The van der Waals surface area contributed by atoms with Crippen LogP contribution in [0.3, 0.4) is 0 Å². The summed E-state index contributed by atoms with van der Waals surface area (Å²) in [7, 11) is -4.68. The van der Waals surface area contributed by atoms with Crippen LogP contribution in [0, 0.1) is 0 Å². The first-order chi connectivity index (χ1) is 27.4. The molecule has 1 atom stereocenters. The topological polar surface area (TPSA) is 63.5 Å². The molecule has 7 heteroatoms. The minimum Gasteiger partial charge on any atom is -0.746 e. The fraction of sp³-hybridized carbons (Fsp3) is 0.510. The summed E-state index contributed by atoms with van der Waals surface area (Å²) in [6.45, 7) is 14.5. The molecule has 2 heterocycles. The molecule has 5 nitrogen and oxygen atoms in total. The first-order valence-electron chi connectivity index (χ1n) is 22.2. The average Bonchev–Trinajstić information content (AvgIpc) is 3.55. The van der Waals surface area contributed by atoms with Crippen LogP contribution in [0.1, 0.15) is 155 Å². The van der Waals surface area contributed by atoms with Crippen molar-refractivity contribution in [2.45, 2.75) is 160 Å². The van der Waals surface area contributed by atoms with Crippen LogP contribution in [-0.4, -0.2) is 35.2 Å². The molecule has 0 saturated heterocycles. The molecule has 0 N–H and O–H groups in total. The fourth-order valence-corrected chi connectivity index (χ4v) is 10.8. The van der Waals surface area contributed by atoms with Crippen molar-refractivity contribution in [1.82, 2.24) is 0 Å². The van der Waals surface area contributed by atoms with Gasteiger partial charge in [0.2, 0.25) is 5.69 Å². The maximum atomic E-state index is 13.4. The molecule has 1 unspecified atom stereocenters. The van der Waals surface area contributed by atoms with Crippen LogP contribution in [-0.2, 0) is 20.9 Å². The molecule has 4 aromatic carbocycles. The van der Waals surface area contributed by atoms with E-state index in [1.165, 1.54) is 91.9 Å². The van der Waals surface area contributed by atoms with Gasteiger partial charge in [0.15, 0.2) is 5.71 Å². The molecule has 2 aliphatic heterocycles. The molecule has 0 amide bonds. The van der Waals surface area contributed by atoms with Gasteiger partial charge in [0, 0.05) is 40.9 Å². The van der Waals surface area contributed by atoms with Gasteiger partial charge in [0.05, 0.1) is 5.41 Å². The zero-order chi connectivity index (χ0) is 40.6. The molecular formula is C51H68N2NaO3S+. The van der Waals surface area contributed by atoms with Crippen molar-refractivity contribution < 1.29 is 47.1 Å². The summed E-state index contributed by atoms with van der Waals surface area (Å²) in [6.07, 6.45) is 24.5. The zero-order valence-electron chi connectivity index (χ0n) is 36.8. The third kappa shape index (κ3) is 10.1. The number of hydrogen-bond donors (Lipinski definition) is 0. The average molecular weight is 812 g/mol. The summed E-state index contributed by atoms with van der Waals surface area (Å²) in [6, 6.07) is 25.7. The van der Waals surface area contributed by atoms with Gasteiger partial charge in [-0.3, -0.25) is 0 Å². The van der Waals surface area contributed by atoms with Crippen LogP contribution in [0.15, 0.2) is 96.7 Å². The van der Waals surface area contributed by atoms with Gasteiger partial charge < -0.3 is 9.45 Å². The van der Waals surface area contributed by atoms with E-state index in [2.05, 4.69) is 119 Å². The van der Waals surface area contributed by atoms with E-state index in [0.29, 0.717) is 12.8 Å². The van der Waals surface area contributed by atoms with Crippen molar-refractivity contribution in [1.29, 1.82) is 0 Å². The van der Waals surface area contributed by atoms with Crippen molar-refractivity contribution in [2.24, 2.45) is 0 Å². The molecule has 0 fully saturated rings. The first kappa shape index (κ1) is 46.3. The van der Waals surface area contributed by atoms with Crippen molar-refractivity contribution >= 4 is 48.7 Å². The van der Waals surface area contributed by atoms with E-state index in [9.17, 15) is 13.0 Å². The zero-order valence-corrected chi connectivity index (χ0v) is 39.6. The van der Waals surface area contributed by atoms with E-state index in [1.807, 2.05) is 23.1 Å². The molecule has 4 aromatic rings. The number of anilines is 1. The van der Waals surface area contributed by atoms with Crippen molar-refractivity contribution in [2.75, 3.05) is 11.4 Å². The molecule has 58 heavy (non-hydrogen) atoms. The molecule has 0 aliphatic carbocycles. The summed E-state index contributed by atoms with van der Waals surface area (Å²) in [5.74, 6) is 0. The molecule has 0 spiro atoms. The van der Waals surface area contributed by atoms with Crippen molar-refractivity contribution in [3.8, 4) is 0 Å². The predicted molar refractivity (Wildman–Crippen MR) is 242 cm³/mol. The Morgan fingerprint density at radius 2 is 1.17 bits per heavy atom. The Hall–Kier alpha value is -2.74. The minimum atomic E-state index is -4.68. The van der Waals surface area contributed by atoms with Crippen LogP contribution >= 0.6 is 0 Å². The Balaban J connectivity index is 0.00000641. The van der Waals surface area contributed by atoms with Crippen LogP contribution in [0.5, 0.6) is 0 Å². The molecule has 0 saturated carbocycles. The van der Waals surface area contributed by atoms with E-state index in [-0.39, 0.29) is 35.0 Å². The van der Waals surface area contributed by atoms with E-state index in [1.54, 1.807) is 0 Å². The largest absolute Gasteiger partial charge is 1.00 e. The Kier molecular flexibility index (Phi) is 16.5. The van der Waals surface area contributed by atoms with Gasteiger partial charge in [-0.1, -0.05) is 172 Å². The van der Waals surface area contributed by atoms with E-state index in [0.717, 1.165) is 59.9 Å². The SMILES string of the molecule is CCCCCCCCCC[N+]1=C(/C=C/C=C2\N(C(CCCCCCCCC)S(=O)(=O)[O-])c3ccc4ccccc4c3C2(C)C)C(C)(C)c2c1ccc1ccccc21.[Na+]. The molecule has 306 valence electrons. The number of fused-ring (bicyclic) bond motifs is 6. The number of hydrogen-bond acceptors (Lipinski definition) is 4. The maximum absolute atomic E-state index is 13.4. The van der Waals surface area contributed by atoms with Crippen molar-refractivity contribution in [3.63, 3.8) is 0 Å². The molecule has 0 bridgehead atoms. The number of rotatable bonds is 21. The Bertz CT molecular complexity index is 2220. The van der Waals surface area contributed by atoms with Gasteiger partial charge in [-0.05, 0) is 72.0 Å². The van der Waals surface area contributed by atoms with Crippen LogP contribution < -0.4 is 34.5 Å². The molecule has 0 aromatic heterocycles. The van der Waals surface area contributed by atoms with Gasteiger partial charge >= 0.3 is 29.6 Å². The van der Waals surface area contributed by atoms with E-state index in [4.69, 9.17) is 0 Å². The third-order valence-corrected chi connectivity index (χ3v) is 14.0. The second-order valence-corrected chi connectivity index (χ2v) is 19.3. The molecular weight excluding hydrogens is 744 g/mol. The van der Waals surface area contributed by atoms with E-state index < -0.39 is 20.9 Å². The predicted octanol–water partition coefficient (Wildman–Crippen LogP) is 10.8. The number of allylic oxidation sites excluding steroid dienone is 4. The van der Waals surface area contributed by atoms with Gasteiger partial charge in [0.25, 0.3) is 0 Å². The summed E-state index contributed by atoms with van der Waals surface area (Å²) in [5, 5.41) is 3.57. The normalized spacial score (nSPS) is 17.1. The van der Waals surface area contributed by atoms with Crippen LogP contribution in [0.25, 0.3) is 21.5 Å². The molecule has 6 rings (SSSR count). The van der Waals surface area contributed by atoms with Crippen LogP contribution in [0.4, 0.5) is 11.4 Å². The third-order valence-electron chi connectivity index (χ3n) is 12.9. The minimum absolute atomic E-state index is 0. The number of benzene rings is 4. The first-order valence-corrected chi connectivity index (χ1v) is 23.7. The Morgan fingerprint density at radius 1 is 0.655 bits per heavy atom. The summed E-state index contributed by atoms with van der Waals surface area (Å²) >= 11 is 0. The van der Waals surface area contributed by atoms with E-state index >= 15 is 0 Å². The summed E-state index contributed by atoms with van der Waals surface area (Å²) < 4.78 is 42.6. The van der Waals surface area contributed by atoms with Gasteiger partial charge in [0.1, 0.15) is 22.0 Å². The van der Waals surface area contributed by atoms with Gasteiger partial charge in [-0.2, -0.15) is 4.58 Å². The van der Waals surface area contributed by atoms with Gasteiger partial charge in [-0.15, -0.1) is 0 Å². The monoisotopic (exact) mass is 811 g/mol. The standard InChI is InChI=1S/C51H68N2O3S.Na/c1-7-9-11-13-15-17-19-25-38-52-43-36-34-39-27-21-23-29-41(39)48(43)50(3,4)45(52)31-26-32-46-51(5,6)49-42-30-24-22-28-40(42)35-37-44(49)53(46)47(57(54,55)56)33-20-18-16-14-12-10-8-2;/h21-24,26-32,34-37,47H,7-20,25,33,38H2,1-6H3;/q;+1. The maximum Gasteiger partial charge on any atom is 1.00 e. The second-order valence-electron chi connectivity index (χ2n) is 17.8. The quantitative estimate of drug-likeness (QED) is 0.0364. The second kappa shape index (κ2) is 20.7. The van der Waals surface area contributed by atoms with Gasteiger partial charge in [-0.25, -0.2) is 8.42 Å². The fourth-order valence-electron chi connectivity index (χ4n) is 9.86. The Labute approximate surface area is 373 Å². The number of nitrogens with zero attached hydrogens (tertiary/aromatic N) is 2. The smallest absolute Gasteiger partial charge is 0.746 e. The Morgan fingerprint density at radius 3 is 1.76 bits per heavy atom. The molecule has 2 aliphatic rings. The van der Waals surface area contributed by atoms with Crippen molar-refractivity contribution in [3.05, 3.63) is 108 Å². The van der Waals surface area contributed by atoms with Crippen LogP contribution in [0.2, 0.25) is 0 Å². The summed E-state index contributed by atoms with van der Waals surface area (Å²) in [4.78, 5) is 1.90. The summed E-state index contributed by atoms with van der Waals surface area (Å²) in [5.41, 5.74) is 5.85. The molecule has 0 radical (unpaired) electrons.